The van der Waals surface area contributed by atoms with E-state index in [4.69, 9.17) is 0 Å². The highest BCUT2D eigenvalue weighted by atomic mass is 16.2. The summed E-state index contributed by atoms with van der Waals surface area (Å²) in [4.78, 5) is 23.1. The maximum absolute atomic E-state index is 11.7. The van der Waals surface area contributed by atoms with E-state index in [2.05, 4.69) is 12.1 Å². The van der Waals surface area contributed by atoms with Gasteiger partial charge in [0.1, 0.15) is 0 Å². The van der Waals surface area contributed by atoms with E-state index in [-0.39, 0.29) is 10.9 Å². The molecule has 0 unspecified atom stereocenters. The highest BCUT2D eigenvalue weighted by Crippen LogP contribution is 2.35. The summed E-state index contributed by atoms with van der Waals surface area (Å²) in [5, 5.41) is 2.40. The van der Waals surface area contributed by atoms with Gasteiger partial charge in [0.05, 0.1) is 0 Å². The quantitative estimate of drug-likeness (QED) is 0.559. The van der Waals surface area contributed by atoms with Gasteiger partial charge in [0.2, 0.25) is 10.9 Å². The van der Waals surface area contributed by atoms with Crippen LogP contribution in [0.2, 0.25) is 0 Å². The Morgan fingerprint density at radius 1 is 0.778 bits per heavy atom. The Morgan fingerprint density at radius 2 is 1.56 bits per heavy atom. The summed E-state index contributed by atoms with van der Waals surface area (Å²) in [5.74, 6) is 0. The lowest BCUT2D eigenvalue weighted by Gasteiger charge is -2.22. The maximum atomic E-state index is 11.7. The molecule has 0 amide bonds. The largest absolute Gasteiger partial charge is 0.285 e. The molecule has 0 radical (unpaired) electrons. The number of aryl methyl sites for hydroxylation is 1. The summed E-state index contributed by atoms with van der Waals surface area (Å²) in [6, 6.07) is 12.2. The van der Waals surface area contributed by atoms with Gasteiger partial charge in [-0.05, 0) is 34.7 Å². The average molecular weight is 234 g/mol. The Balaban J connectivity index is 2.13. The fourth-order valence-electron chi connectivity index (χ4n) is 3.05. The number of benzene rings is 2. The predicted molar refractivity (Wildman–Crippen MR) is 71.7 cm³/mol. The Labute approximate surface area is 103 Å². The molecule has 18 heavy (non-hydrogen) atoms. The van der Waals surface area contributed by atoms with Crippen LogP contribution in [0, 0.1) is 0 Å². The normalized spacial score (nSPS) is 13.6. The van der Waals surface area contributed by atoms with Crippen molar-refractivity contribution in [2.75, 3.05) is 0 Å². The van der Waals surface area contributed by atoms with Gasteiger partial charge in [0.15, 0.2) is 0 Å². The maximum Gasteiger partial charge on any atom is 0.234 e. The number of fused-ring (bicyclic) bond motifs is 5. The average Bonchev–Trinajstić information content (AvgIpc) is 2.44. The second kappa shape index (κ2) is 3.16. The van der Waals surface area contributed by atoms with Crippen LogP contribution < -0.4 is 10.9 Å². The summed E-state index contributed by atoms with van der Waals surface area (Å²) in [7, 11) is 0. The van der Waals surface area contributed by atoms with E-state index in [1.807, 2.05) is 24.3 Å². The summed E-state index contributed by atoms with van der Waals surface area (Å²) in [6.45, 7) is 0. The number of hydrogen-bond acceptors (Lipinski definition) is 2. The summed E-state index contributed by atoms with van der Waals surface area (Å²) < 4.78 is 0. The van der Waals surface area contributed by atoms with Gasteiger partial charge in [-0.25, -0.2) is 0 Å². The third-order valence-corrected chi connectivity index (χ3v) is 3.94. The number of hydrogen-bond donors (Lipinski definition) is 0. The molecule has 0 atom stereocenters. The Bertz CT molecular complexity index is 865. The van der Waals surface area contributed by atoms with E-state index >= 15 is 0 Å². The molecule has 4 rings (SSSR count). The zero-order chi connectivity index (χ0) is 12.3. The first-order valence-corrected chi connectivity index (χ1v) is 6.10. The lowest BCUT2D eigenvalue weighted by atomic mass is 9.80. The van der Waals surface area contributed by atoms with Gasteiger partial charge in [0.25, 0.3) is 0 Å². The van der Waals surface area contributed by atoms with Crippen LogP contribution in [-0.4, -0.2) is 0 Å². The molecule has 3 aromatic carbocycles. The molecule has 0 aliphatic heterocycles. The molecule has 0 N–H and O–H groups in total. The van der Waals surface area contributed by atoms with Crippen LogP contribution in [0.3, 0.4) is 0 Å². The fraction of sp³-hybridized carbons (Fsp3) is 0.125. The van der Waals surface area contributed by atoms with Crippen molar-refractivity contribution in [1.29, 1.82) is 0 Å². The van der Waals surface area contributed by atoms with E-state index in [0.29, 0.717) is 12.0 Å². The van der Waals surface area contributed by atoms with Crippen molar-refractivity contribution in [3.05, 3.63) is 68.0 Å². The third kappa shape index (κ3) is 1.03. The smallest absolute Gasteiger partial charge is 0.234 e. The molecule has 1 aliphatic carbocycles. The van der Waals surface area contributed by atoms with Gasteiger partial charge in [-0.2, -0.15) is 0 Å². The van der Waals surface area contributed by atoms with Gasteiger partial charge in [-0.15, -0.1) is 0 Å². The molecule has 2 heteroatoms. The third-order valence-electron chi connectivity index (χ3n) is 3.94. The topological polar surface area (TPSA) is 34.1 Å². The van der Waals surface area contributed by atoms with Crippen molar-refractivity contribution in [2.24, 2.45) is 0 Å². The summed E-state index contributed by atoms with van der Waals surface area (Å²) in [6.07, 6.45) is 1.56. The highest BCUT2D eigenvalue weighted by Gasteiger charge is 2.28. The standard InChI is InChI=1S/C16H10O2/c17-15-13-8-7-11-10-4-2-1-3-9(10)5-6-12(11)14(13)16(15)18/h1-6H,7-8H2. The molecule has 1 aliphatic rings. The van der Waals surface area contributed by atoms with Crippen LogP contribution in [0.4, 0.5) is 0 Å². The minimum atomic E-state index is -0.304. The van der Waals surface area contributed by atoms with Gasteiger partial charge in [-0.3, -0.25) is 9.59 Å². The zero-order valence-corrected chi connectivity index (χ0v) is 9.69. The van der Waals surface area contributed by atoms with Crippen LogP contribution in [0.25, 0.3) is 21.9 Å². The molecule has 2 nitrogen and oxygen atoms in total. The van der Waals surface area contributed by atoms with E-state index in [1.54, 1.807) is 0 Å². The predicted octanol–water partition coefficient (Wildman–Crippen LogP) is 2.20. The molecule has 3 aromatic rings. The van der Waals surface area contributed by atoms with Gasteiger partial charge < -0.3 is 0 Å². The van der Waals surface area contributed by atoms with E-state index in [1.165, 1.54) is 16.3 Å². The molecule has 0 fully saturated rings. The van der Waals surface area contributed by atoms with Crippen molar-refractivity contribution in [2.45, 2.75) is 12.8 Å². The van der Waals surface area contributed by atoms with E-state index in [0.717, 1.165) is 17.5 Å². The van der Waals surface area contributed by atoms with Gasteiger partial charge >= 0.3 is 0 Å². The monoisotopic (exact) mass is 234 g/mol. The lowest BCUT2D eigenvalue weighted by Crippen LogP contribution is -2.39. The molecule has 0 aromatic heterocycles. The van der Waals surface area contributed by atoms with Gasteiger partial charge in [0, 0.05) is 11.1 Å². The van der Waals surface area contributed by atoms with Crippen LogP contribution in [0.5, 0.6) is 0 Å². The molecule has 0 bridgehead atoms. The van der Waals surface area contributed by atoms with Crippen molar-refractivity contribution >= 4 is 10.8 Å². The van der Waals surface area contributed by atoms with Crippen LogP contribution in [-0.2, 0) is 12.8 Å². The molecule has 0 heterocycles. The molecule has 0 saturated heterocycles. The molecule has 0 spiro atoms. The van der Waals surface area contributed by atoms with E-state index < -0.39 is 0 Å². The first-order valence-electron chi connectivity index (χ1n) is 6.10. The van der Waals surface area contributed by atoms with Crippen molar-refractivity contribution in [1.82, 2.24) is 0 Å². The summed E-state index contributed by atoms with van der Waals surface area (Å²) >= 11 is 0. The first-order chi connectivity index (χ1) is 8.77. The zero-order valence-electron chi connectivity index (χ0n) is 9.69. The molecular formula is C16H10O2. The second-order valence-corrected chi connectivity index (χ2v) is 4.82. The minimum Gasteiger partial charge on any atom is -0.285 e. The Kier molecular flexibility index (Phi) is 1.72. The van der Waals surface area contributed by atoms with Crippen molar-refractivity contribution in [3.63, 3.8) is 0 Å². The van der Waals surface area contributed by atoms with Crippen molar-refractivity contribution in [3.8, 4) is 11.1 Å². The summed E-state index contributed by atoms with van der Waals surface area (Å²) in [5.41, 5.74) is 3.02. The lowest BCUT2D eigenvalue weighted by molar-refractivity contribution is 0.919. The van der Waals surface area contributed by atoms with Crippen LogP contribution in [0.1, 0.15) is 11.1 Å². The fourth-order valence-corrected chi connectivity index (χ4v) is 3.05. The van der Waals surface area contributed by atoms with Crippen LogP contribution in [0.15, 0.2) is 46.0 Å². The van der Waals surface area contributed by atoms with Gasteiger partial charge in [-0.1, -0.05) is 36.4 Å². The number of rotatable bonds is 0. The first kappa shape index (κ1) is 9.77. The molecular weight excluding hydrogens is 224 g/mol. The molecule has 86 valence electrons. The highest BCUT2D eigenvalue weighted by molar-refractivity contribution is 5.93. The Hall–Kier alpha value is -2.22. The minimum absolute atomic E-state index is 0.274. The van der Waals surface area contributed by atoms with Crippen molar-refractivity contribution < 1.29 is 0 Å². The SMILES string of the molecule is O=c1c2c(c1=O)-c1ccc3ccccc3c1CC2. The van der Waals surface area contributed by atoms with E-state index in [9.17, 15) is 9.59 Å². The second-order valence-electron chi connectivity index (χ2n) is 4.82. The van der Waals surface area contributed by atoms with Crippen LogP contribution >= 0.6 is 0 Å². The molecule has 0 saturated carbocycles. The Morgan fingerprint density at radius 3 is 2.44 bits per heavy atom.